The van der Waals surface area contributed by atoms with Crippen LogP contribution in [0.5, 0.6) is 0 Å². The fourth-order valence-corrected chi connectivity index (χ4v) is 2.72. The van der Waals surface area contributed by atoms with Crippen molar-refractivity contribution in [1.29, 1.82) is 0 Å². The standard InChI is InChI=1S/C14H15N3O4S/c1-2-16(7-8-18)14(19)12-9-22-13(15-12)10-3-5-11(6-4-10)17(20)21/h3-6,9,18H,2,7-8H2,1H3. The minimum absolute atomic E-state index is 0.0108. The second kappa shape index (κ2) is 7.10. The van der Waals surface area contributed by atoms with Crippen LogP contribution in [0.3, 0.4) is 0 Å². The first-order valence-electron chi connectivity index (χ1n) is 6.67. The summed E-state index contributed by atoms with van der Waals surface area (Å²) in [6.07, 6.45) is 0. The minimum Gasteiger partial charge on any atom is -0.395 e. The molecule has 1 N–H and O–H groups in total. The Kier molecular flexibility index (Phi) is 5.18. The number of carbonyl (C=O) groups excluding carboxylic acids is 1. The molecule has 0 spiro atoms. The van der Waals surface area contributed by atoms with Gasteiger partial charge in [-0.25, -0.2) is 4.98 Å². The average molecular weight is 321 g/mol. The number of benzene rings is 1. The summed E-state index contributed by atoms with van der Waals surface area (Å²) in [6, 6.07) is 6.03. The van der Waals surface area contributed by atoms with Crippen LogP contribution in [0.1, 0.15) is 17.4 Å². The number of aliphatic hydroxyl groups excluding tert-OH is 1. The van der Waals surface area contributed by atoms with Crippen LogP contribution in [0.4, 0.5) is 5.69 Å². The van der Waals surface area contributed by atoms with Gasteiger partial charge in [0.25, 0.3) is 11.6 Å². The number of rotatable bonds is 6. The van der Waals surface area contributed by atoms with Gasteiger partial charge in [-0.05, 0) is 19.1 Å². The summed E-state index contributed by atoms with van der Waals surface area (Å²) >= 11 is 1.30. The van der Waals surface area contributed by atoms with Crippen molar-refractivity contribution < 1.29 is 14.8 Å². The van der Waals surface area contributed by atoms with Crippen LogP contribution in [-0.2, 0) is 0 Å². The Hall–Kier alpha value is -2.32. The van der Waals surface area contributed by atoms with Crippen molar-refractivity contribution in [2.75, 3.05) is 19.7 Å². The van der Waals surface area contributed by atoms with E-state index >= 15 is 0 Å². The summed E-state index contributed by atoms with van der Waals surface area (Å²) in [5.74, 6) is -0.235. The summed E-state index contributed by atoms with van der Waals surface area (Å²) in [6.45, 7) is 2.49. The Labute approximate surface area is 131 Å². The zero-order valence-corrected chi connectivity index (χ0v) is 12.7. The molecule has 0 unspecified atom stereocenters. The highest BCUT2D eigenvalue weighted by molar-refractivity contribution is 7.13. The zero-order valence-electron chi connectivity index (χ0n) is 11.9. The lowest BCUT2D eigenvalue weighted by Crippen LogP contribution is -2.33. The Morgan fingerprint density at radius 3 is 2.64 bits per heavy atom. The fourth-order valence-electron chi connectivity index (χ4n) is 1.92. The molecule has 22 heavy (non-hydrogen) atoms. The third-order valence-electron chi connectivity index (χ3n) is 3.09. The summed E-state index contributed by atoms with van der Waals surface area (Å²) in [7, 11) is 0. The largest absolute Gasteiger partial charge is 0.395 e. The average Bonchev–Trinajstić information content (AvgIpc) is 3.02. The molecule has 1 amide bonds. The number of nitro benzene ring substituents is 1. The van der Waals surface area contributed by atoms with Crippen molar-refractivity contribution in [1.82, 2.24) is 9.88 Å². The number of nitrogens with zero attached hydrogens (tertiary/aromatic N) is 3. The molecule has 0 saturated heterocycles. The first-order chi connectivity index (χ1) is 10.6. The number of thiazole rings is 1. The van der Waals surface area contributed by atoms with Crippen molar-refractivity contribution >= 4 is 22.9 Å². The predicted octanol–water partition coefficient (Wildman–Crippen LogP) is 2.17. The van der Waals surface area contributed by atoms with Crippen molar-refractivity contribution in [3.05, 3.63) is 45.5 Å². The van der Waals surface area contributed by atoms with E-state index in [-0.39, 0.29) is 24.7 Å². The van der Waals surface area contributed by atoms with E-state index in [1.807, 2.05) is 6.92 Å². The number of amides is 1. The molecule has 0 aliphatic rings. The van der Waals surface area contributed by atoms with Crippen molar-refractivity contribution in [3.8, 4) is 10.6 Å². The van der Waals surface area contributed by atoms with Crippen LogP contribution in [0.2, 0.25) is 0 Å². The van der Waals surface area contributed by atoms with E-state index in [1.54, 1.807) is 17.5 Å². The third kappa shape index (κ3) is 3.46. The summed E-state index contributed by atoms with van der Waals surface area (Å²) < 4.78 is 0. The molecule has 0 aliphatic carbocycles. The van der Waals surface area contributed by atoms with Gasteiger partial charge in [-0.3, -0.25) is 14.9 Å². The normalized spacial score (nSPS) is 10.5. The van der Waals surface area contributed by atoms with Gasteiger partial charge in [0.2, 0.25) is 0 Å². The topological polar surface area (TPSA) is 96.6 Å². The molecule has 1 aromatic carbocycles. The number of nitro groups is 1. The van der Waals surface area contributed by atoms with Crippen LogP contribution < -0.4 is 0 Å². The second-order valence-electron chi connectivity index (χ2n) is 4.45. The quantitative estimate of drug-likeness (QED) is 0.649. The summed E-state index contributed by atoms with van der Waals surface area (Å²) in [5, 5.41) is 21.9. The first kappa shape index (κ1) is 16.1. The molecule has 2 rings (SSSR count). The van der Waals surface area contributed by atoms with E-state index in [0.717, 1.165) is 5.56 Å². The molecule has 0 aliphatic heterocycles. The van der Waals surface area contributed by atoms with Crippen molar-refractivity contribution in [2.45, 2.75) is 6.92 Å². The number of likely N-dealkylation sites (N-methyl/N-ethyl adjacent to an activating group) is 1. The lowest BCUT2D eigenvalue weighted by molar-refractivity contribution is -0.384. The molecule has 8 heteroatoms. The Morgan fingerprint density at radius 2 is 2.09 bits per heavy atom. The Morgan fingerprint density at radius 1 is 1.41 bits per heavy atom. The highest BCUT2D eigenvalue weighted by atomic mass is 32.1. The maximum atomic E-state index is 12.2. The van der Waals surface area contributed by atoms with Gasteiger partial charge in [0.05, 0.1) is 11.5 Å². The smallest absolute Gasteiger partial charge is 0.273 e. The molecule has 0 atom stereocenters. The zero-order chi connectivity index (χ0) is 16.1. The van der Waals surface area contributed by atoms with Gasteiger partial charge in [0.15, 0.2) is 0 Å². The maximum absolute atomic E-state index is 12.2. The molecule has 116 valence electrons. The van der Waals surface area contributed by atoms with Gasteiger partial charge in [-0.2, -0.15) is 0 Å². The SMILES string of the molecule is CCN(CCO)C(=O)c1csc(-c2ccc([N+](=O)[O-])cc2)n1. The highest BCUT2D eigenvalue weighted by Gasteiger charge is 2.17. The number of carbonyl (C=O) groups is 1. The van der Waals surface area contributed by atoms with Crippen molar-refractivity contribution in [3.63, 3.8) is 0 Å². The molecule has 7 nitrogen and oxygen atoms in total. The maximum Gasteiger partial charge on any atom is 0.273 e. The summed E-state index contributed by atoms with van der Waals surface area (Å²) in [5.41, 5.74) is 1.05. The second-order valence-corrected chi connectivity index (χ2v) is 5.31. The molecular formula is C14H15N3O4S. The number of hydrogen-bond acceptors (Lipinski definition) is 6. The van der Waals surface area contributed by atoms with Crippen LogP contribution in [-0.4, -0.2) is 45.5 Å². The van der Waals surface area contributed by atoms with Gasteiger partial charge in [0.1, 0.15) is 10.7 Å². The molecule has 0 saturated carbocycles. The lowest BCUT2D eigenvalue weighted by atomic mass is 10.2. The van der Waals surface area contributed by atoms with Crippen molar-refractivity contribution in [2.24, 2.45) is 0 Å². The first-order valence-corrected chi connectivity index (χ1v) is 7.55. The molecule has 2 aromatic rings. The highest BCUT2D eigenvalue weighted by Crippen LogP contribution is 2.26. The number of aliphatic hydroxyl groups is 1. The summed E-state index contributed by atoms with van der Waals surface area (Å²) in [4.78, 5) is 28.2. The molecule has 0 bridgehead atoms. The van der Waals surface area contributed by atoms with Gasteiger partial charge in [-0.1, -0.05) is 0 Å². The van der Waals surface area contributed by atoms with Gasteiger partial charge < -0.3 is 10.0 Å². The predicted molar refractivity (Wildman–Crippen MR) is 82.9 cm³/mol. The van der Waals surface area contributed by atoms with E-state index in [9.17, 15) is 14.9 Å². The van der Waals surface area contributed by atoms with Crippen LogP contribution in [0.15, 0.2) is 29.6 Å². The fraction of sp³-hybridized carbons (Fsp3) is 0.286. The van der Waals surface area contributed by atoms with Crippen LogP contribution in [0, 0.1) is 10.1 Å². The van der Waals surface area contributed by atoms with E-state index in [0.29, 0.717) is 17.2 Å². The third-order valence-corrected chi connectivity index (χ3v) is 3.98. The lowest BCUT2D eigenvalue weighted by Gasteiger charge is -2.18. The number of aromatic nitrogens is 1. The van der Waals surface area contributed by atoms with Gasteiger partial charge in [0, 0.05) is 36.2 Å². The Bertz CT molecular complexity index is 669. The van der Waals surface area contributed by atoms with E-state index < -0.39 is 4.92 Å². The van der Waals surface area contributed by atoms with E-state index in [1.165, 1.54) is 28.4 Å². The molecule has 1 aromatic heterocycles. The van der Waals surface area contributed by atoms with Crippen LogP contribution in [0.25, 0.3) is 10.6 Å². The van der Waals surface area contributed by atoms with Crippen LogP contribution >= 0.6 is 11.3 Å². The number of hydrogen-bond donors (Lipinski definition) is 1. The minimum atomic E-state index is -0.464. The van der Waals surface area contributed by atoms with Gasteiger partial charge in [-0.15, -0.1) is 11.3 Å². The molecule has 1 heterocycles. The number of non-ortho nitro benzene ring substituents is 1. The van der Waals surface area contributed by atoms with E-state index in [2.05, 4.69) is 4.98 Å². The monoisotopic (exact) mass is 321 g/mol. The van der Waals surface area contributed by atoms with E-state index in [4.69, 9.17) is 5.11 Å². The molecule has 0 fully saturated rings. The van der Waals surface area contributed by atoms with Gasteiger partial charge >= 0.3 is 0 Å². The molecule has 0 radical (unpaired) electrons. The Balaban J connectivity index is 2.20. The molecular weight excluding hydrogens is 306 g/mol.